The van der Waals surface area contributed by atoms with E-state index in [-0.39, 0.29) is 11.9 Å². The van der Waals surface area contributed by atoms with E-state index in [1.54, 1.807) is 0 Å². The zero-order valence-electron chi connectivity index (χ0n) is 10.3. The molecule has 1 heterocycles. The number of carbonyl (C=O) groups is 1. The third-order valence-electron chi connectivity index (χ3n) is 3.15. The number of hydrogen-bond donors (Lipinski definition) is 3. The van der Waals surface area contributed by atoms with Crippen molar-refractivity contribution in [3.05, 3.63) is 29.3 Å². The molecule has 0 radical (unpaired) electrons. The molecule has 1 unspecified atom stereocenters. The summed E-state index contributed by atoms with van der Waals surface area (Å²) >= 11 is 5.04. The van der Waals surface area contributed by atoms with Crippen molar-refractivity contribution in [3.63, 3.8) is 0 Å². The van der Waals surface area contributed by atoms with Gasteiger partial charge in [-0.1, -0.05) is 24.4 Å². The minimum Gasteiger partial charge on any atom is -0.389 e. The van der Waals surface area contributed by atoms with Crippen LogP contribution in [-0.2, 0) is 4.79 Å². The fourth-order valence-electron chi connectivity index (χ4n) is 2.16. The number of nitrogens with one attached hydrogen (secondary N) is 2. The van der Waals surface area contributed by atoms with Gasteiger partial charge in [0.1, 0.15) is 4.99 Å². The highest BCUT2D eigenvalue weighted by molar-refractivity contribution is 7.80. The molecule has 1 fully saturated rings. The molecule has 1 aliphatic rings. The molecule has 1 atom stereocenters. The molecule has 4 N–H and O–H groups in total. The zero-order chi connectivity index (χ0) is 13.1. The van der Waals surface area contributed by atoms with Gasteiger partial charge in [0.05, 0.1) is 0 Å². The summed E-state index contributed by atoms with van der Waals surface area (Å²) in [6.45, 7) is 2.71. The molecule has 1 aromatic rings. The molecule has 1 aliphatic heterocycles. The van der Waals surface area contributed by atoms with E-state index in [2.05, 4.69) is 10.6 Å². The molecule has 0 bridgehead atoms. The van der Waals surface area contributed by atoms with Gasteiger partial charge in [0.2, 0.25) is 5.91 Å². The van der Waals surface area contributed by atoms with Crippen molar-refractivity contribution in [1.82, 2.24) is 5.32 Å². The topological polar surface area (TPSA) is 67.1 Å². The van der Waals surface area contributed by atoms with Crippen molar-refractivity contribution in [3.8, 4) is 0 Å². The second kappa shape index (κ2) is 5.35. The van der Waals surface area contributed by atoms with E-state index < -0.39 is 0 Å². The fraction of sp³-hybridized carbons (Fsp3) is 0.385. The molecule has 18 heavy (non-hydrogen) atoms. The Hall–Kier alpha value is -1.62. The van der Waals surface area contributed by atoms with Crippen LogP contribution >= 0.6 is 12.2 Å². The highest BCUT2D eigenvalue weighted by atomic mass is 32.1. The Morgan fingerprint density at radius 1 is 1.61 bits per heavy atom. The van der Waals surface area contributed by atoms with Crippen LogP contribution in [-0.4, -0.2) is 23.5 Å². The number of nitrogens with two attached hydrogens (primary N) is 1. The van der Waals surface area contributed by atoms with Gasteiger partial charge in [-0.3, -0.25) is 4.79 Å². The number of aryl methyl sites for hydroxylation is 1. The molecule has 0 spiro atoms. The number of hydrogen-bond acceptors (Lipinski definition) is 3. The summed E-state index contributed by atoms with van der Waals surface area (Å²) in [5.41, 5.74) is 8.63. The highest BCUT2D eigenvalue weighted by Gasteiger charge is 2.20. The molecule has 2 rings (SSSR count). The molecule has 1 saturated heterocycles. The van der Waals surface area contributed by atoms with Crippen LogP contribution in [0.25, 0.3) is 0 Å². The first kappa shape index (κ1) is 12.8. The number of amides is 1. The molecule has 0 aliphatic carbocycles. The third-order valence-corrected chi connectivity index (χ3v) is 3.37. The maximum Gasteiger partial charge on any atom is 0.220 e. The lowest BCUT2D eigenvalue weighted by atomic mass is 10.1. The monoisotopic (exact) mass is 263 g/mol. The van der Waals surface area contributed by atoms with Gasteiger partial charge in [-0.2, -0.15) is 0 Å². The molecule has 1 amide bonds. The van der Waals surface area contributed by atoms with Gasteiger partial charge in [0.25, 0.3) is 0 Å². The van der Waals surface area contributed by atoms with Crippen LogP contribution in [0.1, 0.15) is 24.0 Å². The molecular formula is C13H17N3OS. The van der Waals surface area contributed by atoms with Crippen LogP contribution in [0, 0.1) is 6.92 Å². The minimum atomic E-state index is 0.126. The van der Waals surface area contributed by atoms with Crippen molar-refractivity contribution in [2.45, 2.75) is 25.8 Å². The molecule has 1 aromatic carbocycles. The fourth-order valence-corrected chi connectivity index (χ4v) is 2.33. The molecule has 0 saturated carbocycles. The van der Waals surface area contributed by atoms with E-state index in [1.807, 2.05) is 25.1 Å². The number of thiocarbonyl (C=S) groups is 1. The second-order valence-electron chi connectivity index (χ2n) is 4.55. The first-order valence-electron chi connectivity index (χ1n) is 6.00. The van der Waals surface area contributed by atoms with Gasteiger partial charge < -0.3 is 16.4 Å². The lowest BCUT2D eigenvalue weighted by molar-refractivity contribution is -0.119. The number of carbonyl (C=O) groups excluding carboxylic acids is 1. The largest absolute Gasteiger partial charge is 0.389 e. The summed E-state index contributed by atoms with van der Waals surface area (Å²) in [6.07, 6.45) is 1.49. The SMILES string of the molecule is Cc1cccc(C(N)=S)c1NCC1CCC(=O)N1. The predicted octanol–water partition coefficient (Wildman–Crippen LogP) is 1.32. The van der Waals surface area contributed by atoms with Gasteiger partial charge in [-0.25, -0.2) is 0 Å². The average Bonchev–Trinajstić information content (AvgIpc) is 2.73. The summed E-state index contributed by atoms with van der Waals surface area (Å²) in [5.74, 6) is 0.126. The summed E-state index contributed by atoms with van der Waals surface area (Å²) in [5, 5.41) is 6.27. The van der Waals surface area contributed by atoms with E-state index >= 15 is 0 Å². The van der Waals surface area contributed by atoms with Crippen LogP contribution in [0.5, 0.6) is 0 Å². The van der Waals surface area contributed by atoms with Gasteiger partial charge in [-0.15, -0.1) is 0 Å². The van der Waals surface area contributed by atoms with Gasteiger partial charge in [0, 0.05) is 30.3 Å². The normalized spacial score (nSPS) is 18.5. The summed E-state index contributed by atoms with van der Waals surface area (Å²) in [7, 11) is 0. The van der Waals surface area contributed by atoms with Crippen molar-refractivity contribution in [1.29, 1.82) is 0 Å². The molecule has 0 aromatic heterocycles. The number of para-hydroxylation sites is 1. The van der Waals surface area contributed by atoms with E-state index in [0.29, 0.717) is 18.0 Å². The van der Waals surface area contributed by atoms with E-state index in [4.69, 9.17) is 18.0 Å². The second-order valence-corrected chi connectivity index (χ2v) is 4.99. The van der Waals surface area contributed by atoms with E-state index in [9.17, 15) is 4.79 Å². The smallest absolute Gasteiger partial charge is 0.220 e. The predicted molar refractivity (Wildman–Crippen MR) is 76.7 cm³/mol. The van der Waals surface area contributed by atoms with Crippen LogP contribution in [0.15, 0.2) is 18.2 Å². The molecular weight excluding hydrogens is 246 g/mol. The van der Waals surface area contributed by atoms with Crippen molar-refractivity contribution >= 4 is 28.8 Å². The van der Waals surface area contributed by atoms with Crippen molar-refractivity contribution in [2.75, 3.05) is 11.9 Å². The molecule has 96 valence electrons. The number of rotatable bonds is 4. The van der Waals surface area contributed by atoms with E-state index in [1.165, 1.54) is 0 Å². The van der Waals surface area contributed by atoms with E-state index in [0.717, 1.165) is 23.2 Å². The van der Waals surface area contributed by atoms with Crippen LogP contribution in [0.2, 0.25) is 0 Å². The Morgan fingerprint density at radius 3 is 3.00 bits per heavy atom. The van der Waals surface area contributed by atoms with Crippen LogP contribution in [0.4, 0.5) is 5.69 Å². The Labute approximate surface area is 112 Å². The average molecular weight is 263 g/mol. The van der Waals surface area contributed by atoms with Crippen LogP contribution < -0.4 is 16.4 Å². The Morgan fingerprint density at radius 2 is 2.39 bits per heavy atom. The van der Waals surface area contributed by atoms with Crippen molar-refractivity contribution < 1.29 is 4.79 Å². The summed E-state index contributed by atoms with van der Waals surface area (Å²) in [4.78, 5) is 11.5. The number of anilines is 1. The maximum absolute atomic E-state index is 11.1. The zero-order valence-corrected chi connectivity index (χ0v) is 11.1. The summed E-state index contributed by atoms with van der Waals surface area (Å²) in [6, 6.07) is 6.05. The molecule has 5 heteroatoms. The first-order chi connectivity index (χ1) is 8.58. The Bertz CT molecular complexity index is 487. The first-order valence-corrected chi connectivity index (χ1v) is 6.41. The van der Waals surface area contributed by atoms with Crippen molar-refractivity contribution in [2.24, 2.45) is 5.73 Å². The standard InChI is InChI=1S/C13H17N3OS/c1-8-3-2-4-10(13(14)18)12(8)15-7-9-5-6-11(17)16-9/h2-4,9,15H,5-7H2,1H3,(H2,14,18)(H,16,17). The number of benzene rings is 1. The Kier molecular flexibility index (Phi) is 3.81. The maximum atomic E-state index is 11.1. The van der Waals surface area contributed by atoms with Gasteiger partial charge in [-0.05, 0) is 25.0 Å². The van der Waals surface area contributed by atoms with Gasteiger partial charge in [0.15, 0.2) is 0 Å². The quantitative estimate of drug-likeness (QED) is 0.717. The lowest BCUT2D eigenvalue weighted by Crippen LogP contribution is -2.32. The molecule has 4 nitrogen and oxygen atoms in total. The lowest BCUT2D eigenvalue weighted by Gasteiger charge is -2.17. The highest BCUT2D eigenvalue weighted by Crippen LogP contribution is 2.21. The summed E-state index contributed by atoms with van der Waals surface area (Å²) < 4.78 is 0. The minimum absolute atomic E-state index is 0.126. The van der Waals surface area contributed by atoms with Crippen LogP contribution in [0.3, 0.4) is 0 Å². The van der Waals surface area contributed by atoms with Gasteiger partial charge >= 0.3 is 0 Å². The Balaban J connectivity index is 2.08. The third kappa shape index (κ3) is 2.79.